The fraction of sp³-hybridized carbons (Fsp3) is 0.422. The van der Waals surface area contributed by atoms with Gasteiger partial charge >= 0.3 is 5.97 Å². The first-order chi connectivity index (χ1) is 24.4. The van der Waals surface area contributed by atoms with Crippen molar-refractivity contribution in [1.29, 1.82) is 0 Å². The summed E-state index contributed by atoms with van der Waals surface area (Å²) in [6, 6.07) is 30.9. The number of rotatable bonds is 23. The Balaban J connectivity index is 1.15. The van der Waals surface area contributed by atoms with Crippen molar-refractivity contribution in [2.75, 3.05) is 6.61 Å². The van der Waals surface area contributed by atoms with E-state index in [0.29, 0.717) is 23.7 Å². The maximum atomic E-state index is 12.7. The SMILES string of the molecule is CCCCCCCCCCCCOc1ccc(C(=O)Oc2ccc(Oc3ccc(-c4ccc(CC(=S)CCC(C)CC)cc4)cc3)cc2)cc1. The van der Waals surface area contributed by atoms with Crippen LogP contribution in [-0.2, 0) is 6.42 Å². The van der Waals surface area contributed by atoms with Gasteiger partial charge in [0.1, 0.15) is 23.0 Å². The highest BCUT2D eigenvalue weighted by Crippen LogP contribution is 2.28. The van der Waals surface area contributed by atoms with E-state index in [-0.39, 0.29) is 0 Å². The van der Waals surface area contributed by atoms with Crippen LogP contribution < -0.4 is 14.2 Å². The summed E-state index contributed by atoms with van der Waals surface area (Å²) in [6.07, 6.45) is 17.2. The molecular weight excluding hydrogens is 637 g/mol. The molecule has 4 nitrogen and oxygen atoms in total. The van der Waals surface area contributed by atoms with Gasteiger partial charge in [0.25, 0.3) is 0 Å². The first-order valence-corrected chi connectivity index (χ1v) is 19.3. The van der Waals surface area contributed by atoms with Gasteiger partial charge < -0.3 is 14.2 Å². The Morgan fingerprint density at radius 2 is 1.12 bits per heavy atom. The minimum absolute atomic E-state index is 0.409. The summed E-state index contributed by atoms with van der Waals surface area (Å²) in [5.74, 6) is 2.94. The maximum absolute atomic E-state index is 12.7. The lowest BCUT2D eigenvalue weighted by molar-refractivity contribution is 0.0734. The zero-order valence-electron chi connectivity index (χ0n) is 30.5. The van der Waals surface area contributed by atoms with Crippen LogP contribution in [0.15, 0.2) is 97.1 Å². The van der Waals surface area contributed by atoms with Crippen LogP contribution in [0.4, 0.5) is 0 Å². The zero-order valence-corrected chi connectivity index (χ0v) is 31.3. The number of carbonyl (C=O) groups is 1. The van der Waals surface area contributed by atoms with Gasteiger partial charge in [-0.3, -0.25) is 0 Å². The van der Waals surface area contributed by atoms with Crippen LogP contribution in [0.25, 0.3) is 11.1 Å². The average molecular weight is 693 g/mol. The summed E-state index contributed by atoms with van der Waals surface area (Å²) in [4.78, 5) is 13.9. The van der Waals surface area contributed by atoms with Crippen LogP contribution in [-0.4, -0.2) is 17.4 Å². The van der Waals surface area contributed by atoms with Gasteiger partial charge in [-0.15, -0.1) is 0 Å². The molecule has 0 bridgehead atoms. The van der Waals surface area contributed by atoms with Gasteiger partial charge in [0.2, 0.25) is 0 Å². The van der Waals surface area contributed by atoms with Crippen molar-refractivity contribution < 1.29 is 19.0 Å². The Morgan fingerprint density at radius 1 is 0.620 bits per heavy atom. The van der Waals surface area contributed by atoms with Gasteiger partial charge in [0, 0.05) is 6.42 Å². The molecule has 0 N–H and O–H groups in total. The van der Waals surface area contributed by atoms with Crippen molar-refractivity contribution in [3.63, 3.8) is 0 Å². The zero-order chi connectivity index (χ0) is 35.4. The summed E-state index contributed by atoms with van der Waals surface area (Å²) in [5, 5.41) is 0. The molecule has 50 heavy (non-hydrogen) atoms. The van der Waals surface area contributed by atoms with E-state index in [1.165, 1.54) is 76.2 Å². The number of ether oxygens (including phenoxy) is 3. The second-order valence-corrected chi connectivity index (χ2v) is 14.1. The fourth-order valence-corrected chi connectivity index (χ4v) is 6.09. The summed E-state index contributed by atoms with van der Waals surface area (Å²) in [7, 11) is 0. The molecule has 0 aliphatic heterocycles. The third-order valence-electron chi connectivity index (χ3n) is 9.28. The Kier molecular flexibility index (Phi) is 17.1. The summed E-state index contributed by atoms with van der Waals surface area (Å²) >= 11 is 5.64. The van der Waals surface area contributed by atoms with Gasteiger partial charge in [0.05, 0.1) is 12.2 Å². The third kappa shape index (κ3) is 14.1. The summed E-state index contributed by atoms with van der Waals surface area (Å²) in [6.45, 7) is 7.48. The maximum Gasteiger partial charge on any atom is 0.343 e. The van der Waals surface area contributed by atoms with E-state index in [4.69, 9.17) is 26.4 Å². The monoisotopic (exact) mass is 692 g/mol. The van der Waals surface area contributed by atoms with Gasteiger partial charge in [-0.2, -0.15) is 0 Å². The second kappa shape index (κ2) is 22.0. The molecule has 0 radical (unpaired) electrons. The second-order valence-electron chi connectivity index (χ2n) is 13.5. The van der Waals surface area contributed by atoms with E-state index in [1.807, 2.05) is 24.3 Å². The van der Waals surface area contributed by atoms with Crippen LogP contribution in [0.3, 0.4) is 0 Å². The lowest BCUT2D eigenvalue weighted by Gasteiger charge is -2.10. The third-order valence-corrected chi connectivity index (χ3v) is 9.63. The standard InChI is InChI=1S/C45H56O4S/c1-4-6-7-8-9-10-11-12-13-14-33-47-40-24-22-39(23-25-40)45(46)49-43-30-28-42(29-31-43)48-41-26-20-38(21-27-41)37-18-16-36(17-19-37)34-44(50)32-15-35(3)5-2/h16-31,35H,4-15,32-34H2,1-3H3. The largest absolute Gasteiger partial charge is 0.494 e. The smallest absolute Gasteiger partial charge is 0.343 e. The highest BCUT2D eigenvalue weighted by molar-refractivity contribution is 7.80. The Morgan fingerprint density at radius 3 is 1.70 bits per heavy atom. The Bertz CT molecular complexity index is 1540. The molecule has 0 spiro atoms. The van der Waals surface area contributed by atoms with Gasteiger partial charge in [-0.05, 0) is 107 Å². The van der Waals surface area contributed by atoms with Gasteiger partial charge in [0.15, 0.2) is 0 Å². The molecule has 4 aromatic carbocycles. The molecule has 1 atom stereocenters. The van der Waals surface area contributed by atoms with Crippen molar-refractivity contribution in [2.24, 2.45) is 5.92 Å². The molecule has 0 aliphatic carbocycles. The number of esters is 1. The molecule has 0 aromatic heterocycles. The number of thiocarbonyl (C=S) groups is 1. The number of hydrogen-bond acceptors (Lipinski definition) is 5. The van der Waals surface area contributed by atoms with Crippen molar-refractivity contribution in [2.45, 2.75) is 111 Å². The molecule has 1 unspecified atom stereocenters. The molecule has 0 aliphatic rings. The van der Waals surface area contributed by atoms with E-state index >= 15 is 0 Å². The number of hydrogen-bond donors (Lipinski definition) is 0. The topological polar surface area (TPSA) is 44.8 Å². The van der Waals surface area contributed by atoms with Crippen LogP contribution in [0.5, 0.6) is 23.0 Å². The highest BCUT2D eigenvalue weighted by Gasteiger charge is 2.10. The molecule has 0 amide bonds. The van der Waals surface area contributed by atoms with Crippen LogP contribution in [0.1, 0.15) is 120 Å². The van der Waals surface area contributed by atoms with E-state index < -0.39 is 5.97 Å². The quantitative estimate of drug-likeness (QED) is 0.0335. The lowest BCUT2D eigenvalue weighted by atomic mass is 9.98. The Labute approximate surface area is 306 Å². The van der Waals surface area contributed by atoms with Crippen molar-refractivity contribution >= 4 is 23.1 Å². The first kappa shape index (κ1) is 38.8. The molecular formula is C45H56O4S. The molecule has 0 saturated heterocycles. The Hall–Kier alpha value is -3.96. The van der Waals surface area contributed by atoms with E-state index in [1.54, 1.807) is 36.4 Å². The van der Waals surface area contributed by atoms with Crippen LogP contribution in [0.2, 0.25) is 0 Å². The first-order valence-electron chi connectivity index (χ1n) is 18.9. The van der Waals surface area contributed by atoms with Gasteiger partial charge in [-0.1, -0.05) is 134 Å². The predicted molar refractivity (Wildman–Crippen MR) is 212 cm³/mol. The van der Waals surface area contributed by atoms with E-state index in [0.717, 1.165) is 52.7 Å². The van der Waals surface area contributed by atoms with E-state index in [9.17, 15) is 4.79 Å². The lowest BCUT2D eigenvalue weighted by Crippen LogP contribution is -2.08. The number of benzene rings is 4. The highest BCUT2D eigenvalue weighted by atomic mass is 32.1. The average Bonchev–Trinajstić information content (AvgIpc) is 3.14. The molecule has 4 aromatic rings. The molecule has 5 heteroatoms. The molecule has 4 rings (SSSR count). The molecule has 0 heterocycles. The predicted octanol–water partition coefficient (Wildman–Crippen LogP) is 13.4. The summed E-state index contributed by atoms with van der Waals surface area (Å²) < 4.78 is 17.5. The van der Waals surface area contributed by atoms with Crippen LogP contribution >= 0.6 is 12.2 Å². The summed E-state index contributed by atoms with van der Waals surface area (Å²) in [5.41, 5.74) is 4.02. The van der Waals surface area contributed by atoms with Gasteiger partial charge in [-0.25, -0.2) is 4.79 Å². The fourth-order valence-electron chi connectivity index (χ4n) is 5.80. The van der Waals surface area contributed by atoms with Crippen molar-refractivity contribution in [1.82, 2.24) is 0 Å². The van der Waals surface area contributed by atoms with E-state index in [2.05, 4.69) is 57.2 Å². The molecule has 266 valence electrons. The molecule has 0 saturated carbocycles. The minimum atomic E-state index is -0.409. The normalized spacial score (nSPS) is 11.6. The van der Waals surface area contributed by atoms with Crippen LogP contribution in [0, 0.1) is 5.92 Å². The number of unbranched alkanes of at least 4 members (excludes halogenated alkanes) is 9. The van der Waals surface area contributed by atoms with Crippen molar-refractivity contribution in [3.05, 3.63) is 108 Å². The molecule has 0 fully saturated rings. The minimum Gasteiger partial charge on any atom is -0.494 e. The van der Waals surface area contributed by atoms with Crippen molar-refractivity contribution in [3.8, 4) is 34.1 Å². The number of carbonyl (C=O) groups excluding carboxylic acids is 1.